The summed E-state index contributed by atoms with van der Waals surface area (Å²) in [5, 5.41) is 3.88. The van der Waals surface area contributed by atoms with E-state index >= 15 is 0 Å². The molecule has 0 bridgehead atoms. The average molecular weight is 267 g/mol. The van der Waals surface area contributed by atoms with E-state index in [9.17, 15) is 0 Å². The van der Waals surface area contributed by atoms with Gasteiger partial charge in [-0.3, -0.25) is 0 Å². The van der Waals surface area contributed by atoms with Crippen molar-refractivity contribution in [1.29, 1.82) is 0 Å². The summed E-state index contributed by atoms with van der Waals surface area (Å²) in [5.41, 5.74) is 9.54. The first-order valence-electron chi connectivity index (χ1n) is 5.49. The molecule has 0 aliphatic heterocycles. The highest BCUT2D eigenvalue weighted by Gasteiger charge is 2.12. The lowest BCUT2D eigenvalue weighted by molar-refractivity contribution is 0.704. The Labute approximate surface area is 110 Å². The number of nitrogens with zero attached hydrogens (tertiary/aromatic N) is 1. The highest BCUT2D eigenvalue weighted by molar-refractivity contribution is 7.09. The number of aryl methyl sites for hydroxylation is 2. The summed E-state index contributed by atoms with van der Waals surface area (Å²) in [6, 6.07) is 5.79. The van der Waals surface area contributed by atoms with Gasteiger partial charge in [-0.25, -0.2) is 4.98 Å². The number of halogens is 1. The maximum atomic E-state index is 6.21. The fourth-order valence-corrected chi connectivity index (χ4v) is 2.65. The molecule has 0 fully saturated rings. The molecule has 0 amide bonds. The first kappa shape index (κ1) is 12.6. The van der Waals surface area contributed by atoms with Crippen LogP contribution in [0.5, 0.6) is 0 Å². The zero-order valence-electron chi connectivity index (χ0n) is 9.90. The molecule has 2 N–H and O–H groups in total. The molecule has 0 saturated heterocycles. The number of hydrogen-bond donors (Lipinski definition) is 1. The number of thiazole rings is 1. The predicted molar refractivity (Wildman–Crippen MR) is 73.7 cm³/mol. The standard InChI is InChI=1S/C13H15ClN2S/c1-8-3-4-10(14)5-12(8)13(15)6-11-7-17-9(2)16-11/h3-5,7,13H,6,15H2,1-2H3. The first-order valence-corrected chi connectivity index (χ1v) is 6.74. The molecule has 4 heteroatoms. The van der Waals surface area contributed by atoms with Crippen molar-refractivity contribution in [3.8, 4) is 0 Å². The minimum absolute atomic E-state index is 0.0461. The summed E-state index contributed by atoms with van der Waals surface area (Å²) in [6.07, 6.45) is 0.755. The number of aromatic nitrogens is 1. The Morgan fingerprint density at radius 1 is 1.41 bits per heavy atom. The average Bonchev–Trinajstić information content (AvgIpc) is 2.67. The van der Waals surface area contributed by atoms with E-state index in [-0.39, 0.29) is 6.04 Å². The van der Waals surface area contributed by atoms with Gasteiger partial charge < -0.3 is 5.73 Å². The molecule has 0 spiro atoms. The molecule has 0 saturated carbocycles. The smallest absolute Gasteiger partial charge is 0.0897 e. The summed E-state index contributed by atoms with van der Waals surface area (Å²) in [6.45, 7) is 4.06. The summed E-state index contributed by atoms with van der Waals surface area (Å²) in [7, 11) is 0. The summed E-state index contributed by atoms with van der Waals surface area (Å²) in [4.78, 5) is 4.43. The van der Waals surface area contributed by atoms with Crippen molar-refractivity contribution in [2.75, 3.05) is 0 Å². The van der Waals surface area contributed by atoms with Crippen LogP contribution in [0, 0.1) is 13.8 Å². The molecule has 0 aliphatic carbocycles. The lowest BCUT2D eigenvalue weighted by Crippen LogP contribution is -2.14. The van der Waals surface area contributed by atoms with Gasteiger partial charge in [0, 0.05) is 22.9 Å². The van der Waals surface area contributed by atoms with E-state index in [1.54, 1.807) is 11.3 Å². The molecule has 90 valence electrons. The lowest BCUT2D eigenvalue weighted by atomic mass is 9.99. The monoisotopic (exact) mass is 266 g/mol. The molecule has 1 unspecified atom stereocenters. The number of benzene rings is 1. The van der Waals surface area contributed by atoms with Crippen molar-refractivity contribution < 1.29 is 0 Å². The maximum absolute atomic E-state index is 6.21. The van der Waals surface area contributed by atoms with Crippen molar-refractivity contribution in [3.63, 3.8) is 0 Å². The summed E-state index contributed by atoms with van der Waals surface area (Å²) < 4.78 is 0. The minimum Gasteiger partial charge on any atom is -0.324 e. The zero-order chi connectivity index (χ0) is 12.4. The van der Waals surface area contributed by atoms with Gasteiger partial charge >= 0.3 is 0 Å². The lowest BCUT2D eigenvalue weighted by Gasteiger charge is -2.14. The van der Waals surface area contributed by atoms with Crippen molar-refractivity contribution >= 4 is 22.9 Å². The Bertz CT molecular complexity index is 522. The van der Waals surface area contributed by atoms with E-state index in [1.807, 2.05) is 25.1 Å². The maximum Gasteiger partial charge on any atom is 0.0897 e. The molecule has 0 aliphatic rings. The molecule has 0 radical (unpaired) electrons. The molecule has 1 atom stereocenters. The van der Waals surface area contributed by atoms with Crippen LogP contribution < -0.4 is 5.73 Å². The predicted octanol–water partition coefficient (Wildman–Crippen LogP) is 3.66. The van der Waals surface area contributed by atoms with E-state index in [1.165, 1.54) is 5.56 Å². The fraction of sp³-hybridized carbons (Fsp3) is 0.308. The first-order chi connectivity index (χ1) is 8.06. The molecule has 1 aromatic carbocycles. The number of nitrogens with two attached hydrogens (primary N) is 1. The number of hydrogen-bond acceptors (Lipinski definition) is 3. The van der Waals surface area contributed by atoms with Crippen molar-refractivity contribution in [2.24, 2.45) is 5.73 Å². The van der Waals surface area contributed by atoms with Crippen molar-refractivity contribution in [3.05, 3.63) is 50.4 Å². The number of rotatable bonds is 3. The van der Waals surface area contributed by atoms with Crippen LogP contribution in [-0.2, 0) is 6.42 Å². The molecule has 2 rings (SSSR count). The van der Waals surface area contributed by atoms with Crippen LogP contribution in [0.3, 0.4) is 0 Å². The van der Waals surface area contributed by atoms with Gasteiger partial charge in [-0.15, -0.1) is 11.3 Å². The van der Waals surface area contributed by atoms with Crippen molar-refractivity contribution in [2.45, 2.75) is 26.3 Å². The van der Waals surface area contributed by atoms with Crippen LogP contribution in [0.25, 0.3) is 0 Å². The zero-order valence-corrected chi connectivity index (χ0v) is 11.5. The van der Waals surface area contributed by atoms with Gasteiger partial charge in [-0.1, -0.05) is 17.7 Å². The Morgan fingerprint density at radius 2 is 2.18 bits per heavy atom. The van der Waals surface area contributed by atoms with Crippen LogP contribution >= 0.6 is 22.9 Å². The molecule has 17 heavy (non-hydrogen) atoms. The van der Waals surface area contributed by atoms with Gasteiger partial charge in [0.05, 0.1) is 10.7 Å². The molecular formula is C13H15ClN2S. The van der Waals surface area contributed by atoms with E-state index in [0.29, 0.717) is 0 Å². The Hall–Kier alpha value is -0.900. The van der Waals surface area contributed by atoms with Crippen LogP contribution in [0.1, 0.15) is 27.9 Å². The van der Waals surface area contributed by atoms with Crippen molar-refractivity contribution in [1.82, 2.24) is 4.98 Å². The highest BCUT2D eigenvalue weighted by atomic mass is 35.5. The Balaban J connectivity index is 2.19. The fourth-order valence-electron chi connectivity index (χ4n) is 1.85. The second-order valence-corrected chi connectivity index (χ2v) is 5.67. The van der Waals surface area contributed by atoms with Gasteiger partial charge in [0.15, 0.2) is 0 Å². The summed E-state index contributed by atoms with van der Waals surface area (Å²) in [5.74, 6) is 0. The van der Waals surface area contributed by atoms with Gasteiger partial charge in [-0.2, -0.15) is 0 Å². The third kappa shape index (κ3) is 3.06. The van der Waals surface area contributed by atoms with Crippen LogP contribution in [-0.4, -0.2) is 4.98 Å². The van der Waals surface area contributed by atoms with E-state index in [4.69, 9.17) is 17.3 Å². The van der Waals surface area contributed by atoms with E-state index < -0.39 is 0 Å². The topological polar surface area (TPSA) is 38.9 Å². The second-order valence-electron chi connectivity index (χ2n) is 4.17. The van der Waals surface area contributed by atoms with E-state index in [0.717, 1.165) is 27.7 Å². The van der Waals surface area contributed by atoms with Crippen LogP contribution in [0.4, 0.5) is 0 Å². The third-order valence-corrected chi connectivity index (χ3v) is 3.79. The minimum atomic E-state index is -0.0461. The summed E-state index contributed by atoms with van der Waals surface area (Å²) >= 11 is 7.66. The Morgan fingerprint density at radius 3 is 2.82 bits per heavy atom. The Kier molecular flexibility index (Phi) is 3.82. The molecule has 1 aromatic heterocycles. The van der Waals surface area contributed by atoms with Gasteiger partial charge in [0.2, 0.25) is 0 Å². The van der Waals surface area contributed by atoms with E-state index in [2.05, 4.69) is 17.3 Å². The van der Waals surface area contributed by atoms with Gasteiger partial charge in [0.1, 0.15) is 0 Å². The molecule has 2 nitrogen and oxygen atoms in total. The normalized spacial score (nSPS) is 12.7. The van der Waals surface area contributed by atoms with Gasteiger partial charge in [0.25, 0.3) is 0 Å². The molecule has 1 heterocycles. The third-order valence-electron chi connectivity index (χ3n) is 2.74. The highest BCUT2D eigenvalue weighted by Crippen LogP contribution is 2.23. The van der Waals surface area contributed by atoms with Crippen LogP contribution in [0.15, 0.2) is 23.6 Å². The SMILES string of the molecule is Cc1nc(CC(N)c2cc(Cl)ccc2C)cs1. The molecular weight excluding hydrogens is 252 g/mol. The van der Waals surface area contributed by atoms with Crippen LogP contribution in [0.2, 0.25) is 5.02 Å². The van der Waals surface area contributed by atoms with Gasteiger partial charge in [-0.05, 0) is 37.1 Å². The quantitative estimate of drug-likeness (QED) is 0.921. The second kappa shape index (κ2) is 5.17. The largest absolute Gasteiger partial charge is 0.324 e. The molecule has 2 aromatic rings.